The molecule has 0 spiro atoms. The fourth-order valence-corrected chi connectivity index (χ4v) is 5.98. The molecule has 2 aliphatic rings. The van der Waals surface area contributed by atoms with Crippen molar-refractivity contribution in [3.63, 3.8) is 0 Å². The molecule has 1 amide bonds. The number of para-hydroxylation sites is 2. The van der Waals surface area contributed by atoms with Crippen molar-refractivity contribution in [3.05, 3.63) is 135 Å². The number of nitrogens with one attached hydrogen (secondary N) is 1. The van der Waals surface area contributed by atoms with E-state index in [1.807, 2.05) is 54.6 Å². The van der Waals surface area contributed by atoms with Gasteiger partial charge < -0.3 is 10.1 Å². The van der Waals surface area contributed by atoms with E-state index in [0.717, 1.165) is 11.1 Å². The van der Waals surface area contributed by atoms with Crippen molar-refractivity contribution in [2.75, 3.05) is 17.3 Å². The van der Waals surface area contributed by atoms with Crippen LogP contribution in [0.3, 0.4) is 0 Å². The van der Waals surface area contributed by atoms with Gasteiger partial charge in [0, 0.05) is 23.3 Å². The van der Waals surface area contributed by atoms with Crippen LogP contribution in [0.15, 0.2) is 102 Å². The number of carbonyl (C=O) groups excluding carboxylic acids is 2. The second-order valence-corrected chi connectivity index (χ2v) is 10.9. The second kappa shape index (κ2) is 11.0. The lowest BCUT2D eigenvalue weighted by Gasteiger charge is -2.35. The molecule has 0 aromatic heterocycles. The number of hydrogen-bond acceptors (Lipinski definition) is 4. The summed E-state index contributed by atoms with van der Waals surface area (Å²) >= 11 is 12.5. The van der Waals surface area contributed by atoms with E-state index in [1.165, 1.54) is 18.2 Å². The zero-order valence-electron chi connectivity index (χ0n) is 22.0. The lowest BCUT2D eigenvalue weighted by molar-refractivity contribution is -0.116. The van der Waals surface area contributed by atoms with Crippen molar-refractivity contribution in [1.82, 2.24) is 0 Å². The Morgan fingerprint density at radius 1 is 0.902 bits per heavy atom. The van der Waals surface area contributed by atoms with Gasteiger partial charge in [0.25, 0.3) is 5.91 Å². The summed E-state index contributed by atoms with van der Waals surface area (Å²) in [5.41, 5.74) is 4.31. The molecule has 4 aromatic rings. The quantitative estimate of drug-likeness (QED) is 0.261. The predicted molar refractivity (Wildman–Crippen MR) is 159 cm³/mol. The van der Waals surface area contributed by atoms with E-state index in [2.05, 4.69) is 5.32 Å². The monoisotopic (exact) mass is 586 g/mol. The smallest absolute Gasteiger partial charge is 0.259 e. The van der Waals surface area contributed by atoms with Crippen molar-refractivity contribution in [1.29, 1.82) is 0 Å². The average molecular weight is 587 g/mol. The number of amides is 1. The van der Waals surface area contributed by atoms with E-state index in [1.54, 1.807) is 30.2 Å². The molecule has 4 aromatic carbocycles. The van der Waals surface area contributed by atoms with Crippen LogP contribution in [0.4, 0.5) is 15.8 Å². The van der Waals surface area contributed by atoms with Gasteiger partial charge in [0.2, 0.25) is 0 Å². The summed E-state index contributed by atoms with van der Waals surface area (Å²) in [7, 11) is 1.58. The third-order valence-electron chi connectivity index (χ3n) is 7.63. The fourth-order valence-electron chi connectivity index (χ4n) is 5.68. The van der Waals surface area contributed by atoms with Crippen LogP contribution in [-0.4, -0.2) is 18.8 Å². The number of hydrogen-bond donors (Lipinski definition) is 1. The Hall–Kier alpha value is -4.13. The highest BCUT2D eigenvalue weighted by molar-refractivity contribution is 6.42. The predicted octanol–water partition coefficient (Wildman–Crippen LogP) is 8.36. The number of fused-ring (bicyclic) bond motifs is 1. The summed E-state index contributed by atoms with van der Waals surface area (Å²) in [5.74, 6) is -0.367. The molecule has 1 aliphatic heterocycles. The average Bonchev–Trinajstić information content (AvgIpc) is 3.13. The van der Waals surface area contributed by atoms with Crippen molar-refractivity contribution in [2.45, 2.75) is 24.8 Å². The Bertz CT molecular complexity index is 1700. The minimum absolute atomic E-state index is 0.117. The molecule has 1 N–H and O–H groups in total. The zero-order valence-corrected chi connectivity index (χ0v) is 23.5. The Morgan fingerprint density at radius 2 is 1.68 bits per heavy atom. The first-order chi connectivity index (χ1) is 19.8. The zero-order chi connectivity index (χ0) is 28.7. The molecule has 41 heavy (non-hydrogen) atoms. The highest BCUT2D eigenvalue weighted by Gasteiger charge is 2.42. The minimum Gasteiger partial charge on any atom is -0.497 e. The molecule has 0 radical (unpaired) electrons. The topological polar surface area (TPSA) is 58.6 Å². The number of allylic oxidation sites excluding steroid dienone is 1. The number of halogens is 3. The molecular weight excluding hydrogens is 562 g/mol. The van der Waals surface area contributed by atoms with Gasteiger partial charge in [-0.3, -0.25) is 14.5 Å². The number of Topliss-reactive ketones (excluding diaryl/α,β-unsaturated/α-hetero) is 1. The molecule has 0 saturated carbocycles. The lowest BCUT2D eigenvalue weighted by Crippen LogP contribution is -2.38. The molecule has 2 atom stereocenters. The summed E-state index contributed by atoms with van der Waals surface area (Å²) in [6.45, 7) is 0. The largest absolute Gasteiger partial charge is 0.497 e. The molecule has 0 bridgehead atoms. The van der Waals surface area contributed by atoms with E-state index in [0.29, 0.717) is 45.4 Å². The highest BCUT2D eigenvalue weighted by Crippen LogP contribution is 2.48. The third-order valence-corrected chi connectivity index (χ3v) is 8.36. The van der Waals surface area contributed by atoms with E-state index >= 15 is 0 Å². The lowest BCUT2D eigenvalue weighted by atomic mass is 9.78. The van der Waals surface area contributed by atoms with Crippen LogP contribution in [-0.2, 0) is 4.79 Å². The SMILES string of the molecule is COc1ccc([C@H]2C3=C(C[C@@H](c4cccc(F)c4)CC3=O)Nc3ccccc3N2C(=O)c2ccc(Cl)c(Cl)c2)cc1. The highest BCUT2D eigenvalue weighted by atomic mass is 35.5. The summed E-state index contributed by atoms with van der Waals surface area (Å²) in [5, 5.41) is 4.08. The van der Waals surface area contributed by atoms with Gasteiger partial charge in [-0.25, -0.2) is 4.39 Å². The number of ether oxygens (including phenoxy) is 1. The molecule has 1 aliphatic carbocycles. The summed E-state index contributed by atoms with van der Waals surface area (Å²) in [4.78, 5) is 30.2. The van der Waals surface area contributed by atoms with Gasteiger partial charge in [-0.15, -0.1) is 0 Å². The maximum Gasteiger partial charge on any atom is 0.259 e. The number of carbonyl (C=O) groups is 2. The standard InChI is InChI=1S/C33H25Cl2FN2O3/c1-41-24-12-9-19(10-13-24)32-31-28(17-22(18-30(31)39)20-5-4-6-23(36)15-20)37-27-7-2-3-8-29(27)38(32)33(40)21-11-14-25(34)26(35)16-21/h2-16,22,32,37H,17-18H2,1H3/t22-,32+/m1/s1. The maximum atomic E-state index is 14.4. The second-order valence-electron chi connectivity index (χ2n) is 10.1. The van der Waals surface area contributed by atoms with Crippen LogP contribution in [0.5, 0.6) is 5.75 Å². The van der Waals surface area contributed by atoms with Crippen molar-refractivity contribution < 1.29 is 18.7 Å². The summed E-state index contributed by atoms with van der Waals surface area (Å²) in [6, 6.07) is 25.2. The molecular formula is C33H25Cl2FN2O3. The summed E-state index contributed by atoms with van der Waals surface area (Å²) < 4.78 is 19.5. The van der Waals surface area contributed by atoms with Gasteiger partial charge in [-0.1, -0.05) is 59.6 Å². The van der Waals surface area contributed by atoms with Crippen LogP contribution in [0.1, 0.15) is 46.3 Å². The van der Waals surface area contributed by atoms with Crippen molar-refractivity contribution in [2.24, 2.45) is 0 Å². The van der Waals surface area contributed by atoms with Crippen LogP contribution < -0.4 is 15.0 Å². The number of rotatable bonds is 4. The van der Waals surface area contributed by atoms with Gasteiger partial charge in [0.15, 0.2) is 5.78 Å². The normalized spacial score (nSPS) is 18.2. The van der Waals surface area contributed by atoms with E-state index in [-0.39, 0.29) is 34.9 Å². The summed E-state index contributed by atoms with van der Waals surface area (Å²) in [6.07, 6.45) is 0.655. The van der Waals surface area contributed by atoms with Gasteiger partial charge in [-0.2, -0.15) is 0 Å². The van der Waals surface area contributed by atoms with Crippen LogP contribution >= 0.6 is 23.2 Å². The van der Waals surface area contributed by atoms with E-state index in [4.69, 9.17) is 27.9 Å². The fraction of sp³-hybridized carbons (Fsp3) is 0.152. The molecule has 5 nitrogen and oxygen atoms in total. The molecule has 0 saturated heterocycles. The number of benzene rings is 4. The van der Waals surface area contributed by atoms with Gasteiger partial charge in [-0.05, 0) is 78.1 Å². The first-order valence-electron chi connectivity index (χ1n) is 13.1. The van der Waals surface area contributed by atoms with Crippen LogP contribution in [0.2, 0.25) is 10.0 Å². The van der Waals surface area contributed by atoms with Gasteiger partial charge in [0.1, 0.15) is 11.6 Å². The number of anilines is 2. The van der Waals surface area contributed by atoms with Gasteiger partial charge >= 0.3 is 0 Å². The van der Waals surface area contributed by atoms with Crippen LogP contribution in [0, 0.1) is 5.82 Å². The van der Waals surface area contributed by atoms with Crippen molar-refractivity contribution in [3.8, 4) is 5.75 Å². The van der Waals surface area contributed by atoms with Crippen LogP contribution in [0.25, 0.3) is 0 Å². The first-order valence-corrected chi connectivity index (χ1v) is 13.9. The molecule has 0 fully saturated rings. The Kier molecular flexibility index (Phi) is 7.28. The third kappa shape index (κ3) is 5.09. The molecule has 1 heterocycles. The number of ketones is 1. The first kappa shape index (κ1) is 27.1. The molecule has 0 unspecified atom stereocenters. The van der Waals surface area contributed by atoms with E-state index < -0.39 is 6.04 Å². The molecule has 206 valence electrons. The molecule has 8 heteroatoms. The Labute approximate surface area is 247 Å². The Morgan fingerprint density at radius 3 is 2.41 bits per heavy atom. The maximum absolute atomic E-state index is 14.4. The number of methoxy groups -OCH3 is 1. The Balaban J connectivity index is 1.56. The minimum atomic E-state index is -0.755. The van der Waals surface area contributed by atoms with Gasteiger partial charge in [0.05, 0.1) is 34.6 Å². The number of nitrogens with zero attached hydrogens (tertiary/aromatic N) is 1. The molecule has 6 rings (SSSR count). The van der Waals surface area contributed by atoms with Crippen molar-refractivity contribution >= 4 is 46.3 Å². The van der Waals surface area contributed by atoms with E-state index in [9.17, 15) is 14.0 Å².